The molecule has 2 aliphatic rings. The van der Waals surface area contributed by atoms with Crippen LogP contribution >= 0.6 is 70.1 Å². The van der Waals surface area contributed by atoms with Gasteiger partial charge in [0.15, 0.2) is 4.34 Å². The number of esters is 1. The molecule has 5 heterocycles. The fourth-order valence-electron chi connectivity index (χ4n) is 11.0. The quantitative estimate of drug-likeness (QED) is 0.0463. The van der Waals surface area contributed by atoms with Crippen molar-refractivity contribution in [2.75, 3.05) is 25.5 Å². The standard InChI is InChI=1S/C66H48N4O4S6/c1-2-61(71)73-34-33-67-64(72)74-39-66(40-75-65-68-49-19-5-8-22-54(49)80-65,37-69-50-20-6-3-15-45(50)47-35-41(29-31-52(47)69)43-17-13-27-59-62(43)78-57-25-11-9-23-55(57)76-59)38-70-51-21-7-4-16-46(51)48-36-42(30-32-53(48)70)44-18-14-28-60-63(44)79-58-26-12-10-24-56(58)77-60/h2-32,35-36H,1,33-34,37-40H2,(H,67,72). The zero-order valence-corrected chi connectivity index (χ0v) is 47.8. The maximum absolute atomic E-state index is 14.0. The Labute approximate surface area is 487 Å². The summed E-state index contributed by atoms with van der Waals surface area (Å²) in [5.74, 6) is -0.00456. The van der Waals surface area contributed by atoms with E-state index >= 15 is 0 Å². The number of aromatic nitrogens is 3. The fourth-order valence-corrected chi connectivity index (χ4v) is 18.1. The van der Waals surface area contributed by atoms with Crippen molar-refractivity contribution < 1.29 is 19.1 Å². The van der Waals surface area contributed by atoms with Crippen molar-refractivity contribution in [3.63, 3.8) is 0 Å². The number of carbonyl (C=O) groups excluding carboxylic acids is 2. The molecule has 0 atom stereocenters. The van der Waals surface area contributed by atoms with Gasteiger partial charge in [-0.1, -0.05) is 175 Å². The Morgan fingerprint density at radius 2 is 1.05 bits per heavy atom. The Morgan fingerprint density at radius 1 is 0.550 bits per heavy atom. The Hall–Kier alpha value is -7.30. The monoisotopic (exact) mass is 1150 g/mol. The van der Waals surface area contributed by atoms with Gasteiger partial charge in [0.25, 0.3) is 0 Å². The SMILES string of the molecule is C=CC(=O)OCCNC(=O)OCC(CSc1nc2ccccc2s1)(Cn1c2ccccc2c2cc(-c3cccc4c3Sc3ccccc3S4)ccc21)Cn1c2ccccc2c2cc(-c3cccc4c3Sc3ccccc3S4)ccc21. The number of hydrogen-bond donors (Lipinski definition) is 1. The highest BCUT2D eigenvalue weighted by Crippen LogP contribution is 2.54. The molecule has 0 aliphatic carbocycles. The van der Waals surface area contributed by atoms with E-state index in [4.69, 9.17) is 14.5 Å². The molecule has 14 rings (SSSR count). The summed E-state index contributed by atoms with van der Waals surface area (Å²) in [6, 6.07) is 70.0. The molecule has 2 aliphatic heterocycles. The fraction of sp³-hybridized carbons (Fsp3) is 0.106. The third kappa shape index (κ3) is 9.65. The molecule has 0 radical (unpaired) electrons. The molecular formula is C66H48N4O4S6. The smallest absolute Gasteiger partial charge is 0.407 e. The zero-order valence-electron chi connectivity index (χ0n) is 42.9. The molecular weight excluding hydrogens is 1110 g/mol. The lowest BCUT2D eigenvalue weighted by molar-refractivity contribution is -0.137. The third-order valence-electron chi connectivity index (χ3n) is 14.7. The number of benzene rings is 9. The number of thiazole rings is 1. The lowest BCUT2D eigenvalue weighted by Crippen LogP contribution is -2.41. The van der Waals surface area contributed by atoms with Crippen LogP contribution in [0.1, 0.15) is 0 Å². The maximum atomic E-state index is 14.0. The number of alkyl carbamates (subject to hydrolysis) is 1. The van der Waals surface area contributed by atoms with Crippen molar-refractivity contribution in [2.45, 2.75) is 56.6 Å². The van der Waals surface area contributed by atoms with Gasteiger partial charge in [0.1, 0.15) is 13.2 Å². The van der Waals surface area contributed by atoms with Gasteiger partial charge in [0.2, 0.25) is 0 Å². The Morgan fingerprint density at radius 3 is 1.61 bits per heavy atom. The molecule has 0 saturated carbocycles. The second-order valence-corrected chi connectivity index (χ2v) is 26.4. The van der Waals surface area contributed by atoms with E-state index in [1.165, 1.54) is 50.3 Å². The summed E-state index contributed by atoms with van der Waals surface area (Å²) in [4.78, 5) is 41.2. The van der Waals surface area contributed by atoms with Crippen LogP contribution in [-0.4, -0.2) is 51.7 Å². The van der Waals surface area contributed by atoms with Crippen LogP contribution in [0.5, 0.6) is 0 Å². The van der Waals surface area contributed by atoms with E-state index < -0.39 is 17.5 Å². The van der Waals surface area contributed by atoms with E-state index in [0.717, 1.165) is 75.4 Å². The molecule has 1 amide bonds. The van der Waals surface area contributed by atoms with Crippen molar-refractivity contribution in [1.82, 2.24) is 19.4 Å². The molecule has 14 heteroatoms. The number of fused-ring (bicyclic) bond motifs is 11. The minimum atomic E-state index is -0.768. The predicted octanol–water partition coefficient (Wildman–Crippen LogP) is 18.0. The van der Waals surface area contributed by atoms with Crippen LogP contribution in [0.3, 0.4) is 0 Å². The zero-order chi connectivity index (χ0) is 53.7. The van der Waals surface area contributed by atoms with Gasteiger partial charge in [-0.3, -0.25) is 0 Å². The number of thioether (sulfide) groups is 1. The van der Waals surface area contributed by atoms with Crippen LogP contribution in [0.2, 0.25) is 0 Å². The van der Waals surface area contributed by atoms with Crippen molar-refractivity contribution in [3.05, 3.63) is 207 Å². The van der Waals surface area contributed by atoms with Crippen molar-refractivity contribution in [2.24, 2.45) is 5.41 Å². The minimum Gasteiger partial charge on any atom is -0.461 e. The normalized spacial score (nSPS) is 12.8. The molecule has 12 aromatic rings. The highest BCUT2D eigenvalue weighted by atomic mass is 32.2. The van der Waals surface area contributed by atoms with E-state index in [0.29, 0.717) is 18.8 Å². The summed E-state index contributed by atoms with van der Waals surface area (Å²) in [7, 11) is 0. The first-order valence-corrected chi connectivity index (χ1v) is 31.3. The third-order valence-corrected chi connectivity index (χ3v) is 22.5. The van der Waals surface area contributed by atoms with Gasteiger partial charge >= 0.3 is 12.1 Å². The molecule has 1 N–H and O–H groups in total. The van der Waals surface area contributed by atoms with Gasteiger partial charge in [-0.15, -0.1) is 11.3 Å². The maximum Gasteiger partial charge on any atom is 0.407 e. The molecule has 80 heavy (non-hydrogen) atoms. The molecule has 8 nitrogen and oxygen atoms in total. The molecule has 0 fully saturated rings. The highest BCUT2D eigenvalue weighted by molar-refractivity contribution is 8.05. The molecule has 392 valence electrons. The number of rotatable bonds is 15. The first-order valence-electron chi connectivity index (χ1n) is 26.2. The average Bonchev–Trinajstić information content (AvgIpc) is 4.24. The van der Waals surface area contributed by atoms with E-state index in [1.54, 1.807) is 23.1 Å². The molecule has 0 saturated heterocycles. The topological polar surface area (TPSA) is 87.4 Å². The van der Waals surface area contributed by atoms with E-state index in [-0.39, 0.29) is 19.8 Å². The van der Waals surface area contributed by atoms with E-state index in [9.17, 15) is 9.59 Å². The Kier molecular flexibility index (Phi) is 13.8. The molecule has 0 spiro atoms. The van der Waals surface area contributed by atoms with Crippen molar-refractivity contribution in [3.8, 4) is 22.3 Å². The van der Waals surface area contributed by atoms with Crippen LogP contribution in [0.15, 0.2) is 250 Å². The average molecular weight is 1150 g/mol. The van der Waals surface area contributed by atoms with Gasteiger partial charge in [-0.2, -0.15) is 0 Å². The van der Waals surface area contributed by atoms with Crippen LogP contribution in [-0.2, 0) is 27.4 Å². The summed E-state index contributed by atoms with van der Waals surface area (Å²) >= 11 is 10.7. The minimum absolute atomic E-state index is 0.0154. The number of carbonyl (C=O) groups is 2. The van der Waals surface area contributed by atoms with E-state index in [1.807, 2.05) is 53.1 Å². The van der Waals surface area contributed by atoms with Gasteiger partial charge in [0.05, 0.1) is 16.8 Å². The largest absolute Gasteiger partial charge is 0.461 e. The van der Waals surface area contributed by atoms with E-state index in [2.05, 4.69) is 209 Å². The van der Waals surface area contributed by atoms with Crippen molar-refractivity contribution >= 4 is 136 Å². The molecule has 3 aromatic heterocycles. The molecule has 9 aromatic carbocycles. The van der Waals surface area contributed by atoms with Crippen LogP contribution < -0.4 is 5.32 Å². The number of ether oxygens (including phenoxy) is 2. The Bertz CT molecular complexity index is 4200. The van der Waals surface area contributed by atoms with Gasteiger partial charge in [-0.05, 0) is 107 Å². The summed E-state index contributed by atoms with van der Waals surface area (Å²) < 4.78 is 18.6. The number of nitrogens with one attached hydrogen (secondary N) is 1. The number of hydrogen-bond acceptors (Lipinski definition) is 11. The van der Waals surface area contributed by atoms with Crippen molar-refractivity contribution in [1.29, 1.82) is 0 Å². The lowest BCUT2D eigenvalue weighted by Gasteiger charge is -2.35. The van der Waals surface area contributed by atoms with Crippen LogP contribution in [0.25, 0.3) is 76.1 Å². The summed E-state index contributed by atoms with van der Waals surface area (Å²) in [6.45, 7) is 4.60. The van der Waals surface area contributed by atoms with Crippen LogP contribution in [0, 0.1) is 5.41 Å². The number of para-hydroxylation sites is 3. The van der Waals surface area contributed by atoms with Gasteiger partial charge < -0.3 is 23.9 Å². The summed E-state index contributed by atoms with van der Waals surface area (Å²) in [5.41, 5.74) is 9.27. The lowest BCUT2D eigenvalue weighted by atomic mass is 9.90. The highest BCUT2D eigenvalue weighted by Gasteiger charge is 2.37. The number of nitrogens with zero attached hydrogens (tertiary/aromatic N) is 3. The summed E-state index contributed by atoms with van der Waals surface area (Å²) in [5, 5.41) is 7.45. The second kappa shape index (κ2) is 21.6. The number of amides is 1. The summed E-state index contributed by atoms with van der Waals surface area (Å²) in [6.07, 6.45) is 0.515. The predicted molar refractivity (Wildman–Crippen MR) is 332 cm³/mol. The molecule has 0 bridgehead atoms. The first-order chi connectivity index (χ1) is 39.3. The second-order valence-electron chi connectivity index (χ2n) is 19.8. The Balaban J connectivity index is 0.904. The van der Waals surface area contributed by atoms with Gasteiger partial charge in [0, 0.05) is 113 Å². The molecule has 0 unspecified atom stereocenters. The van der Waals surface area contributed by atoms with Gasteiger partial charge in [-0.25, -0.2) is 14.6 Å². The van der Waals surface area contributed by atoms with Crippen LogP contribution in [0.4, 0.5) is 4.79 Å². The first kappa shape index (κ1) is 50.9.